The van der Waals surface area contributed by atoms with Gasteiger partial charge in [0, 0.05) is 12.6 Å². The normalized spacial score (nSPS) is 18.7. The molecule has 0 radical (unpaired) electrons. The van der Waals surface area contributed by atoms with Crippen molar-refractivity contribution < 1.29 is 23.2 Å². The highest BCUT2D eigenvalue weighted by atomic mass is 32.2. The molecule has 0 amide bonds. The Balaban J connectivity index is 2.54. The smallest absolute Gasteiger partial charge is 0.326 e. The van der Waals surface area contributed by atoms with E-state index in [2.05, 4.69) is 0 Å². The van der Waals surface area contributed by atoms with Crippen LogP contribution in [0.4, 0.5) is 11.4 Å². The molecule has 0 aromatic heterocycles. The summed E-state index contributed by atoms with van der Waals surface area (Å²) in [6.07, 6.45) is 0.967. The molecule has 1 heterocycles. The van der Waals surface area contributed by atoms with Crippen molar-refractivity contribution in [3.63, 3.8) is 0 Å². The average molecular weight is 315 g/mol. The van der Waals surface area contributed by atoms with Crippen molar-refractivity contribution in [3.8, 4) is 0 Å². The Morgan fingerprint density at radius 1 is 1.48 bits per heavy atom. The van der Waals surface area contributed by atoms with Gasteiger partial charge in [0.1, 0.15) is 11.7 Å². The lowest BCUT2D eigenvalue weighted by molar-refractivity contribution is -0.384. The van der Waals surface area contributed by atoms with Crippen LogP contribution < -0.4 is 10.0 Å². The third kappa shape index (κ3) is 2.95. The summed E-state index contributed by atoms with van der Waals surface area (Å²) in [5.74, 6) is -1.07. The molecular weight excluding hydrogens is 302 g/mol. The first-order chi connectivity index (χ1) is 9.71. The summed E-state index contributed by atoms with van der Waals surface area (Å²) < 4.78 is 22.5. The molecule has 1 aliphatic heterocycles. The molecule has 1 aromatic carbocycles. The number of nitrogens with zero attached hydrogens (tertiary/aromatic N) is 2. The maximum atomic E-state index is 11.3. The van der Waals surface area contributed by atoms with Crippen molar-refractivity contribution in [1.82, 2.24) is 0 Å². The second-order valence-corrected chi connectivity index (χ2v) is 6.20. The number of sulfonamides is 1. The van der Waals surface area contributed by atoms with Gasteiger partial charge in [0.15, 0.2) is 0 Å². The molecule has 9 nitrogen and oxygen atoms in total. The number of nitro benzene ring substituents is 1. The van der Waals surface area contributed by atoms with Gasteiger partial charge < -0.3 is 10.0 Å². The molecule has 0 bridgehead atoms. The predicted octanol–water partition coefficient (Wildman–Crippen LogP) is 0.296. The highest BCUT2D eigenvalue weighted by Crippen LogP contribution is 2.35. The molecule has 1 aromatic rings. The van der Waals surface area contributed by atoms with Gasteiger partial charge in [0.25, 0.3) is 5.69 Å². The Labute approximate surface area is 120 Å². The molecule has 0 spiro atoms. The van der Waals surface area contributed by atoms with E-state index in [0.717, 1.165) is 12.1 Å². The van der Waals surface area contributed by atoms with Gasteiger partial charge in [-0.1, -0.05) is 0 Å². The van der Waals surface area contributed by atoms with Crippen LogP contribution >= 0.6 is 0 Å². The molecule has 1 aliphatic rings. The standard InChI is InChI=1S/C11H13N3O6S/c12-21(19,20)7-3-4-8(10(6-7)14(17)18)13-5-1-2-9(13)11(15)16/h3-4,6,9H,1-2,5H2,(H,15,16)(H2,12,19,20)/t9-/m1/s1. The van der Waals surface area contributed by atoms with Crippen LogP contribution in [0.5, 0.6) is 0 Å². The van der Waals surface area contributed by atoms with Gasteiger partial charge in [-0.25, -0.2) is 18.4 Å². The monoisotopic (exact) mass is 315 g/mol. The van der Waals surface area contributed by atoms with E-state index < -0.39 is 32.6 Å². The average Bonchev–Trinajstić information content (AvgIpc) is 2.85. The van der Waals surface area contributed by atoms with Crippen molar-refractivity contribution >= 4 is 27.4 Å². The maximum Gasteiger partial charge on any atom is 0.326 e. The number of carbonyl (C=O) groups is 1. The molecule has 1 atom stereocenters. The Hall–Kier alpha value is -2.20. The Bertz CT molecular complexity index is 702. The Kier molecular flexibility index (Phi) is 3.83. The van der Waals surface area contributed by atoms with Crippen molar-refractivity contribution in [3.05, 3.63) is 28.3 Å². The second kappa shape index (κ2) is 5.30. The lowest BCUT2D eigenvalue weighted by Gasteiger charge is -2.23. The summed E-state index contributed by atoms with van der Waals surface area (Å²) in [7, 11) is -4.07. The fraction of sp³-hybridized carbons (Fsp3) is 0.364. The molecule has 10 heteroatoms. The summed E-state index contributed by atoms with van der Waals surface area (Å²) in [4.78, 5) is 22.6. The summed E-state index contributed by atoms with van der Waals surface area (Å²) >= 11 is 0. The van der Waals surface area contributed by atoms with E-state index in [1.807, 2.05) is 0 Å². The molecule has 0 saturated carbocycles. The van der Waals surface area contributed by atoms with Crippen LogP contribution in [-0.2, 0) is 14.8 Å². The van der Waals surface area contributed by atoms with E-state index in [4.69, 9.17) is 10.2 Å². The van der Waals surface area contributed by atoms with E-state index in [0.29, 0.717) is 19.4 Å². The van der Waals surface area contributed by atoms with Crippen LogP contribution in [0.2, 0.25) is 0 Å². The number of hydrogen-bond acceptors (Lipinski definition) is 6. The van der Waals surface area contributed by atoms with Crippen molar-refractivity contribution in [1.29, 1.82) is 0 Å². The number of primary sulfonamides is 1. The molecule has 1 fully saturated rings. The van der Waals surface area contributed by atoms with Gasteiger partial charge in [-0.2, -0.15) is 0 Å². The number of benzene rings is 1. The largest absolute Gasteiger partial charge is 0.480 e. The second-order valence-electron chi connectivity index (χ2n) is 4.64. The summed E-state index contributed by atoms with van der Waals surface area (Å²) in [6.45, 7) is 0.354. The van der Waals surface area contributed by atoms with Gasteiger partial charge in [0.05, 0.1) is 9.82 Å². The summed E-state index contributed by atoms with van der Waals surface area (Å²) in [6, 6.07) is 2.35. The minimum atomic E-state index is -4.07. The third-order valence-electron chi connectivity index (χ3n) is 3.32. The molecule has 114 valence electrons. The first-order valence-electron chi connectivity index (χ1n) is 6.02. The highest BCUT2D eigenvalue weighted by molar-refractivity contribution is 7.89. The lowest BCUT2D eigenvalue weighted by Crippen LogP contribution is -2.36. The SMILES string of the molecule is NS(=O)(=O)c1ccc(N2CCC[C@@H]2C(=O)O)c([N+](=O)[O-])c1. The number of hydrogen-bond donors (Lipinski definition) is 2. The molecule has 0 aliphatic carbocycles. The number of anilines is 1. The number of carboxylic acids is 1. The third-order valence-corrected chi connectivity index (χ3v) is 4.23. The number of carboxylic acid groups (broad SMARTS) is 1. The van der Waals surface area contributed by atoms with Crippen molar-refractivity contribution in [2.75, 3.05) is 11.4 Å². The molecular formula is C11H13N3O6S. The summed E-state index contributed by atoms with van der Waals surface area (Å²) in [5.41, 5.74) is -0.396. The fourth-order valence-electron chi connectivity index (χ4n) is 2.38. The van der Waals surface area contributed by atoms with Gasteiger partial charge in [-0.05, 0) is 25.0 Å². The van der Waals surface area contributed by atoms with Crippen LogP contribution in [0.1, 0.15) is 12.8 Å². The van der Waals surface area contributed by atoms with Crippen LogP contribution in [0, 0.1) is 10.1 Å². The quantitative estimate of drug-likeness (QED) is 0.600. The lowest BCUT2D eigenvalue weighted by atomic mass is 10.2. The van der Waals surface area contributed by atoms with E-state index in [1.54, 1.807) is 0 Å². The fourth-order valence-corrected chi connectivity index (χ4v) is 2.91. The van der Waals surface area contributed by atoms with Crippen LogP contribution in [0.25, 0.3) is 0 Å². The van der Waals surface area contributed by atoms with E-state index in [1.165, 1.54) is 11.0 Å². The van der Waals surface area contributed by atoms with Crippen molar-refractivity contribution in [2.45, 2.75) is 23.8 Å². The molecule has 0 unspecified atom stereocenters. The van der Waals surface area contributed by atoms with Crippen LogP contribution in [0.3, 0.4) is 0 Å². The van der Waals surface area contributed by atoms with Gasteiger partial charge in [-0.15, -0.1) is 0 Å². The topological polar surface area (TPSA) is 144 Å². The molecule has 1 saturated heterocycles. The first kappa shape index (κ1) is 15.2. The zero-order valence-corrected chi connectivity index (χ0v) is 11.6. The number of rotatable bonds is 4. The minimum absolute atomic E-state index is 0.0808. The molecule has 3 N–H and O–H groups in total. The number of nitrogens with two attached hydrogens (primary N) is 1. The molecule has 21 heavy (non-hydrogen) atoms. The minimum Gasteiger partial charge on any atom is -0.480 e. The number of nitro groups is 1. The van der Waals surface area contributed by atoms with E-state index >= 15 is 0 Å². The van der Waals surface area contributed by atoms with Crippen LogP contribution in [-0.4, -0.2) is 37.0 Å². The Morgan fingerprint density at radius 2 is 2.14 bits per heavy atom. The molecule has 2 rings (SSSR count). The van der Waals surface area contributed by atoms with Crippen molar-refractivity contribution in [2.24, 2.45) is 5.14 Å². The van der Waals surface area contributed by atoms with Crippen LogP contribution in [0.15, 0.2) is 23.1 Å². The highest BCUT2D eigenvalue weighted by Gasteiger charge is 2.34. The number of aliphatic carboxylic acids is 1. The van der Waals surface area contributed by atoms with Gasteiger partial charge >= 0.3 is 5.97 Å². The Morgan fingerprint density at radius 3 is 2.67 bits per heavy atom. The predicted molar refractivity (Wildman–Crippen MR) is 72.5 cm³/mol. The van der Waals surface area contributed by atoms with Gasteiger partial charge in [0.2, 0.25) is 10.0 Å². The van der Waals surface area contributed by atoms with Gasteiger partial charge in [-0.3, -0.25) is 10.1 Å². The van der Waals surface area contributed by atoms with E-state index in [-0.39, 0.29) is 10.6 Å². The zero-order valence-electron chi connectivity index (χ0n) is 10.8. The summed E-state index contributed by atoms with van der Waals surface area (Å²) in [5, 5.41) is 25.2. The zero-order chi connectivity index (χ0) is 15.8. The first-order valence-corrected chi connectivity index (χ1v) is 7.57. The van der Waals surface area contributed by atoms with E-state index in [9.17, 15) is 23.3 Å². The maximum absolute atomic E-state index is 11.3.